The standard InChI is InChI=1S/C15H19N3O2/c19-14-8-11-1-2-12(7-13(11)18-14)15(20)17-6-4-10-3-5-16-9-10/h1-2,7,10,16H,3-6,8-9H2,(H,17,20)(H,18,19). The highest BCUT2D eigenvalue weighted by atomic mass is 16.2. The molecule has 2 amide bonds. The molecule has 1 aromatic rings. The second-order valence-corrected chi connectivity index (χ2v) is 5.50. The molecule has 3 rings (SSSR count). The van der Waals surface area contributed by atoms with Crippen LogP contribution in [0.15, 0.2) is 18.2 Å². The van der Waals surface area contributed by atoms with Crippen LogP contribution in [-0.4, -0.2) is 31.4 Å². The first-order valence-corrected chi connectivity index (χ1v) is 7.14. The fraction of sp³-hybridized carbons (Fsp3) is 0.467. The molecule has 0 spiro atoms. The van der Waals surface area contributed by atoms with Gasteiger partial charge in [-0.15, -0.1) is 0 Å². The molecule has 0 saturated carbocycles. The summed E-state index contributed by atoms with van der Waals surface area (Å²) in [5.74, 6) is 0.598. The molecule has 1 fully saturated rings. The molecule has 0 radical (unpaired) electrons. The van der Waals surface area contributed by atoms with Crippen LogP contribution in [0, 0.1) is 5.92 Å². The van der Waals surface area contributed by atoms with E-state index in [1.807, 2.05) is 6.07 Å². The van der Waals surface area contributed by atoms with E-state index in [1.165, 1.54) is 6.42 Å². The third-order valence-corrected chi connectivity index (χ3v) is 4.00. The number of fused-ring (bicyclic) bond motifs is 1. The van der Waals surface area contributed by atoms with Crippen LogP contribution in [0.2, 0.25) is 0 Å². The van der Waals surface area contributed by atoms with Crippen molar-refractivity contribution in [2.45, 2.75) is 19.3 Å². The van der Waals surface area contributed by atoms with Crippen LogP contribution in [0.4, 0.5) is 5.69 Å². The normalized spacial score (nSPS) is 20.6. The number of rotatable bonds is 4. The van der Waals surface area contributed by atoms with Gasteiger partial charge in [0.05, 0.1) is 6.42 Å². The maximum Gasteiger partial charge on any atom is 0.251 e. The van der Waals surface area contributed by atoms with Crippen LogP contribution in [0.1, 0.15) is 28.8 Å². The molecule has 1 atom stereocenters. The Kier molecular flexibility index (Phi) is 3.69. The van der Waals surface area contributed by atoms with Crippen molar-refractivity contribution in [1.82, 2.24) is 10.6 Å². The molecule has 2 aliphatic rings. The van der Waals surface area contributed by atoms with E-state index in [-0.39, 0.29) is 11.8 Å². The Hall–Kier alpha value is -1.88. The first-order valence-electron chi connectivity index (χ1n) is 7.14. The largest absolute Gasteiger partial charge is 0.352 e. The van der Waals surface area contributed by atoms with Gasteiger partial charge in [0.1, 0.15) is 0 Å². The summed E-state index contributed by atoms with van der Waals surface area (Å²) in [6.07, 6.45) is 2.62. The van der Waals surface area contributed by atoms with Crippen LogP contribution >= 0.6 is 0 Å². The van der Waals surface area contributed by atoms with Gasteiger partial charge in [-0.2, -0.15) is 0 Å². The van der Waals surface area contributed by atoms with E-state index in [4.69, 9.17) is 0 Å². The van der Waals surface area contributed by atoms with Crippen LogP contribution in [0.3, 0.4) is 0 Å². The molecule has 1 unspecified atom stereocenters. The average molecular weight is 273 g/mol. The number of carbonyl (C=O) groups excluding carboxylic acids is 2. The number of benzene rings is 1. The van der Waals surface area contributed by atoms with E-state index in [0.29, 0.717) is 24.4 Å². The number of carbonyl (C=O) groups is 2. The van der Waals surface area contributed by atoms with Gasteiger partial charge >= 0.3 is 0 Å². The van der Waals surface area contributed by atoms with Crippen LogP contribution in [0.25, 0.3) is 0 Å². The number of hydrogen-bond acceptors (Lipinski definition) is 3. The van der Waals surface area contributed by atoms with E-state index in [2.05, 4.69) is 16.0 Å². The first-order chi connectivity index (χ1) is 9.72. The Morgan fingerprint density at radius 1 is 1.40 bits per heavy atom. The lowest BCUT2D eigenvalue weighted by Gasteiger charge is -2.10. The maximum absolute atomic E-state index is 12.1. The summed E-state index contributed by atoms with van der Waals surface area (Å²) in [4.78, 5) is 23.3. The Morgan fingerprint density at radius 2 is 2.30 bits per heavy atom. The molecular weight excluding hydrogens is 254 g/mol. The summed E-state index contributed by atoms with van der Waals surface area (Å²) < 4.78 is 0. The van der Waals surface area contributed by atoms with Crippen LogP contribution in [-0.2, 0) is 11.2 Å². The molecule has 5 heteroatoms. The predicted octanol–water partition coefficient (Wildman–Crippen LogP) is 0.911. The van der Waals surface area contributed by atoms with Crippen LogP contribution in [0.5, 0.6) is 0 Å². The van der Waals surface area contributed by atoms with Gasteiger partial charge in [-0.3, -0.25) is 9.59 Å². The molecule has 106 valence electrons. The minimum Gasteiger partial charge on any atom is -0.352 e. The topological polar surface area (TPSA) is 70.2 Å². The van der Waals surface area contributed by atoms with Crippen molar-refractivity contribution in [1.29, 1.82) is 0 Å². The molecule has 20 heavy (non-hydrogen) atoms. The van der Waals surface area contributed by atoms with Gasteiger partial charge in [0.25, 0.3) is 5.91 Å². The zero-order chi connectivity index (χ0) is 13.9. The molecule has 1 aromatic carbocycles. The molecule has 0 aromatic heterocycles. The van der Waals surface area contributed by atoms with Gasteiger partial charge in [0, 0.05) is 17.8 Å². The molecule has 1 saturated heterocycles. The molecular formula is C15H19N3O2. The number of anilines is 1. The Labute approximate surface area is 118 Å². The minimum atomic E-state index is -0.0695. The van der Waals surface area contributed by atoms with Gasteiger partial charge < -0.3 is 16.0 Å². The van der Waals surface area contributed by atoms with Crippen molar-refractivity contribution in [2.24, 2.45) is 5.92 Å². The summed E-state index contributed by atoms with van der Waals surface area (Å²) in [6, 6.07) is 5.39. The first kappa shape index (κ1) is 13.1. The summed E-state index contributed by atoms with van der Waals surface area (Å²) in [5, 5.41) is 9.04. The van der Waals surface area contributed by atoms with E-state index < -0.39 is 0 Å². The number of amides is 2. The van der Waals surface area contributed by atoms with E-state index in [9.17, 15) is 9.59 Å². The smallest absolute Gasteiger partial charge is 0.251 e. The van der Waals surface area contributed by atoms with Gasteiger partial charge in [-0.05, 0) is 49.5 Å². The highest BCUT2D eigenvalue weighted by Crippen LogP contribution is 2.23. The van der Waals surface area contributed by atoms with Crippen molar-refractivity contribution >= 4 is 17.5 Å². The summed E-state index contributed by atoms with van der Waals surface area (Å²) in [7, 11) is 0. The van der Waals surface area contributed by atoms with Crippen molar-refractivity contribution in [3.05, 3.63) is 29.3 Å². The predicted molar refractivity (Wildman–Crippen MR) is 76.7 cm³/mol. The molecule has 2 heterocycles. The molecule has 0 aliphatic carbocycles. The Bertz CT molecular complexity index is 536. The van der Waals surface area contributed by atoms with Crippen molar-refractivity contribution in [2.75, 3.05) is 25.0 Å². The second-order valence-electron chi connectivity index (χ2n) is 5.50. The third-order valence-electron chi connectivity index (χ3n) is 4.00. The lowest BCUT2D eigenvalue weighted by Crippen LogP contribution is -2.26. The number of hydrogen-bond donors (Lipinski definition) is 3. The fourth-order valence-electron chi connectivity index (χ4n) is 2.81. The third kappa shape index (κ3) is 2.82. The van der Waals surface area contributed by atoms with E-state index in [1.54, 1.807) is 12.1 Å². The number of nitrogens with one attached hydrogen (secondary N) is 3. The Morgan fingerprint density at radius 3 is 3.10 bits per heavy atom. The quantitative estimate of drug-likeness (QED) is 0.763. The summed E-state index contributed by atoms with van der Waals surface area (Å²) in [5.41, 5.74) is 2.33. The lowest BCUT2D eigenvalue weighted by atomic mass is 10.0. The maximum atomic E-state index is 12.1. The molecule has 2 aliphatic heterocycles. The zero-order valence-corrected chi connectivity index (χ0v) is 11.4. The molecule has 3 N–H and O–H groups in total. The van der Waals surface area contributed by atoms with E-state index in [0.717, 1.165) is 30.8 Å². The fourth-order valence-corrected chi connectivity index (χ4v) is 2.81. The highest BCUT2D eigenvalue weighted by Gasteiger charge is 2.19. The highest BCUT2D eigenvalue weighted by molar-refractivity contribution is 6.02. The average Bonchev–Trinajstić information content (AvgIpc) is 3.05. The molecule has 5 nitrogen and oxygen atoms in total. The minimum absolute atomic E-state index is 0.00806. The van der Waals surface area contributed by atoms with Crippen molar-refractivity contribution < 1.29 is 9.59 Å². The van der Waals surface area contributed by atoms with Gasteiger partial charge in [0.2, 0.25) is 5.91 Å². The zero-order valence-electron chi connectivity index (χ0n) is 11.4. The van der Waals surface area contributed by atoms with Gasteiger partial charge in [-0.25, -0.2) is 0 Å². The van der Waals surface area contributed by atoms with Crippen molar-refractivity contribution in [3.8, 4) is 0 Å². The van der Waals surface area contributed by atoms with E-state index >= 15 is 0 Å². The van der Waals surface area contributed by atoms with Gasteiger partial charge in [0.15, 0.2) is 0 Å². The Balaban J connectivity index is 1.54. The SMILES string of the molecule is O=C1Cc2ccc(C(=O)NCCC3CCNC3)cc2N1. The lowest BCUT2D eigenvalue weighted by molar-refractivity contribution is -0.115. The van der Waals surface area contributed by atoms with Crippen molar-refractivity contribution in [3.63, 3.8) is 0 Å². The monoisotopic (exact) mass is 273 g/mol. The summed E-state index contributed by atoms with van der Waals surface area (Å²) >= 11 is 0. The van der Waals surface area contributed by atoms with Crippen LogP contribution < -0.4 is 16.0 Å². The molecule has 0 bridgehead atoms. The van der Waals surface area contributed by atoms with Gasteiger partial charge in [-0.1, -0.05) is 6.07 Å². The second kappa shape index (κ2) is 5.63. The summed E-state index contributed by atoms with van der Waals surface area (Å²) in [6.45, 7) is 2.85.